The molecule has 1 amide bonds. The first kappa shape index (κ1) is 22.1. The fraction of sp³-hybridized carbons (Fsp3) is 0.474. The van der Waals surface area contributed by atoms with Crippen molar-refractivity contribution in [1.82, 2.24) is 20.8 Å². The van der Waals surface area contributed by atoms with E-state index in [0.29, 0.717) is 37.6 Å². The summed E-state index contributed by atoms with van der Waals surface area (Å²) in [5.74, 6) is 2.20. The van der Waals surface area contributed by atoms with E-state index in [1.54, 1.807) is 6.92 Å². The molecule has 0 radical (unpaired) electrons. The van der Waals surface area contributed by atoms with Crippen molar-refractivity contribution in [2.45, 2.75) is 39.7 Å². The lowest BCUT2D eigenvalue weighted by atomic mass is 10.2. The van der Waals surface area contributed by atoms with Crippen LogP contribution in [-0.2, 0) is 17.8 Å². The molecule has 0 saturated carbocycles. The van der Waals surface area contributed by atoms with E-state index in [0.717, 1.165) is 36.7 Å². The molecule has 1 fully saturated rings. The van der Waals surface area contributed by atoms with Crippen LogP contribution in [-0.4, -0.2) is 41.6 Å². The van der Waals surface area contributed by atoms with Gasteiger partial charge < -0.3 is 20.1 Å². The molecule has 0 atom stereocenters. The van der Waals surface area contributed by atoms with Crippen LogP contribution in [0, 0.1) is 6.92 Å². The molecule has 0 bridgehead atoms. The van der Waals surface area contributed by atoms with Gasteiger partial charge in [-0.2, -0.15) is 4.98 Å². The summed E-state index contributed by atoms with van der Waals surface area (Å²) >= 11 is 0. The van der Waals surface area contributed by atoms with E-state index >= 15 is 0 Å². The quantitative estimate of drug-likeness (QED) is 0.346. The molecule has 152 valence electrons. The van der Waals surface area contributed by atoms with Gasteiger partial charge in [0.05, 0.1) is 6.54 Å². The third-order valence-corrected chi connectivity index (χ3v) is 4.29. The van der Waals surface area contributed by atoms with Crippen molar-refractivity contribution in [1.29, 1.82) is 0 Å². The number of anilines is 1. The van der Waals surface area contributed by atoms with E-state index in [1.807, 2.05) is 36.1 Å². The second-order valence-electron chi connectivity index (χ2n) is 6.42. The van der Waals surface area contributed by atoms with E-state index < -0.39 is 0 Å². The SMILES string of the molecule is CCNC(=NCc1ccc(N2CCCC2=O)cc1)NCCc1nc(C)no1.I. The maximum absolute atomic E-state index is 11.8. The highest BCUT2D eigenvalue weighted by Crippen LogP contribution is 2.21. The summed E-state index contributed by atoms with van der Waals surface area (Å²) in [7, 11) is 0. The lowest BCUT2D eigenvalue weighted by Crippen LogP contribution is -2.38. The Kier molecular flexibility index (Phi) is 8.68. The molecule has 2 heterocycles. The van der Waals surface area contributed by atoms with Gasteiger partial charge in [-0.05, 0) is 38.0 Å². The Morgan fingerprint density at radius 2 is 2.07 bits per heavy atom. The first-order valence-electron chi connectivity index (χ1n) is 9.36. The van der Waals surface area contributed by atoms with Gasteiger partial charge in [0.1, 0.15) is 0 Å². The number of amides is 1. The second-order valence-corrected chi connectivity index (χ2v) is 6.42. The number of nitrogens with one attached hydrogen (secondary N) is 2. The molecule has 2 aromatic rings. The van der Waals surface area contributed by atoms with E-state index in [1.165, 1.54) is 0 Å². The number of guanidine groups is 1. The van der Waals surface area contributed by atoms with E-state index in [4.69, 9.17) is 4.52 Å². The van der Waals surface area contributed by atoms with Gasteiger partial charge in [-0.25, -0.2) is 4.99 Å². The Hall–Kier alpha value is -2.17. The zero-order chi connectivity index (χ0) is 19.1. The number of nitrogens with zero attached hydrogens (tertiary/aromatic N) is 4. The lowest BCUT2D eigenvalue weighted by molar-refractivity contribution is -0.117. The Balaban J connectivity index is 0.00000280. The van der Waals surface area contributed by atoms with Crippen molar-refractivity contribution in [3.8, 4) is 0 Å². The van der Waals surface area contributed by atoms with Gasteiger partial charge in [-0.15, -0.1) is 24.0 Å². The summed E-state index contributed by atoms with van der Waals surface area (Å²) in [5.41, 5.74) is 2.06. The highest BCUT2D eigenvalue weighted by Gasteiger charge is 2.21. The number of aromatic nitrogens is 2. The molecule has 0 unspecified atom stereocenters. The summed E-state index contributed by atoms with van der Waals surface area (Å²) in [6.07, 6.45) is 2.22. The van der Waals surface area contributed by atoms with Crippen LogP contribution in [0.1, 0.15) is 37.0 Å². The molecule has 2 N–H and O–H groups in total. The summed E-state index contributed by atoms with van der Waals surface area (Å²) < 4.78 is 5.11. The van der Waals surface area contributed by atoms with Crippen LogP contribution < -0.4 is 15.5 Å². The fourth-order valence-electron chi connectivity index (χ4n) is 2.94. The predicted molar refractivity (Wildman–Crippen MR) is 119 cm³/mol. The van der Waals surface area contributed by atoms with Gasteiger partial charge in [-0.1, -0.05) is 17.3 Å². The van der Waals surface area contributed by atoms with Gasteiger partial charge in [0.15, 0.2) is 11.8 Å². The van der Waals surface area contributed by atoms with Crippen molar-refractivity contribution < 1.29 is 9.32 Å². The highest BCUT2D eigenvalue weighted by molar-refractivity contribution is 14.0. The zero-order valence-corrected chi connectivity index (χ0v) is 18.6. The second kappa shape index (κ2) is 11.0. The standard InChI is InChI=1S/C19H26N6O2.HI/c1-3-20-19(21-11-10-17-23-14(2)24-27-17)22-13-15-6-8-16(9-7-15)25-12-4-5-18(25)26;/h6-9H,3-5,10-13H2,1-2H3,(H2,20,21,22);1H. The van der Waals surface area contributed by atoms with Crippen molar-refractivity contribution in [3.05, 3.63) is 41.5 Å². The fourth-order valence-corrected chi connectivity index (χ4v) is 2.94. The van der Waals surface area contributed by atoms with Crippen LogP contribution in [0.15, 0.2) is 33.8 Å². The Labute approximate surface area is 182 Å². The molecule has 0 aliphatic carbocycles. The van der Waals surface area contributed by atoms with Crippen LogP contribution in [0.2, 0.25) is 0 Å². The number of carbonyl (C=O) groups excluding carboxylic acids is 1. The molecule has 1 aromatic heterocycles. The number of halogens is 1. The third-order valence-electron chi connectivity index (χ3n) is 4.29. The average molecular weight is 498 g/mol. The average Bonchev–Trinajstić information content (AvgIpc) is 3.28. The minimum atomic E-state index is 0. The summed E-state index contributed by atoms with van der Waals surface area (Å²) in [4.78, 5) is 22.5. The largest absolute Gasteiger partial charge is 0.357 e. The molecule has 9 heteroatoms. The summed E-state index contributed by atoms with van der Waals surface area (Å²) in [6.45, 7) is 6.63. The molecule has 1 saturated heterocycles. The molecular weight excluding hydrogens is 471 g/mol. The Morgan fingerprint density at radius 3 is 2.68 bits per heavy atom. The number of carbonyl (C=O) groups is 1. The normalized spacial score (nSPS) is 14.1. The first-order valence-corrected chi connectivity index (χ1v) is 9.36. The maximum atomic E-state index is 11.8. The van der Waals surface area contributed by atoms with Crippen LogP contribution in [0.25, 0.3) is 0 Å². The molecule has 1 aliphatic heterocycles. The number of aryl methyl sites for hydroxylation is 1. The predicted octanol–water partition coefficient (Wildman–Crippen LogP) is 2.42. The molecule has 3 rings (SSSR count). The molecule has 1 aliphatic rings. The van der Waals surface area contributed by atoms with Crippen molar-refractivity contribution in [2.24, 2.45) is 4.99 Å². The summed E-state index contributed by atoms with van der Waals surface area (Å²) in [6, 6.07) is 8.03. The van der Waals surface area contributed by atoms with E-state index in [9.17, 15) is 4.79 Å². The lowest BCUT2D eigenvalue weighted by Gasteiger charge is -2.15. The van der Waals surface area contributed by atoms with E-state index in [2.05, 4.69) is 25.8 Å². The third kappa shape index (κ3) is 6.18. The molecular formula is C19H27IN6O2. The Bertz CT molecular complexity index is 790. The minimum Gasteiger partial charge on any atom is -0.357 e. The van der Waals surface area contributed by atoms with Crippen LogP contribution in [0.3, 0.4) is 0 Å². The number of aliphatic imine (C=N–C) groups is 1. The summed E-state index contributed by atoms with van der Waals surface area (Å²) in [5, 5.41) is 10.3. The van der Waals surface area contributed by atoms with Crippen molar-refractivity contribution in [3.63, 3.8) is 0 Å². The van der Waals surface area contributed by atoms with E-state index in [-0.39, 0.29) is 29.9 Å². The minimum absolute atomic E-state index is 0. The monoisotopic (exact) mass is 498 g/mol. The molecule has 8 nitrogen and oxygen atoms in total. The maximum Gasteiger partial charge on any atom is 0.228 e. The Morgan fingerprint density at radius 1 is 1.29 bits per heavy atom. The van der Waals surface area contributed by atoms with Gasteiger partial charge in [0.25, 0.3) is 0 Å². The van der Waals surface area contributed by atoms with Gasteiger partial charge in [0, 0.05) is 38.2 Å². The number of hydrogen-bond donors (Lipinski definition) is 2. The highest BCUT2D eigenvalue weighted by atomic mass is 127. The van der Waals surface area contributed by atoms with Crippen molar-refractivity contribution in [2.75, 3.05) is 24.5 Å². The molecule has 28 heavy (non-hydrogen) atoms. The van der Waals surface area contributed by atoms with Crippen LogP contribution in [0.4, 0.5) is 5.69 Å². The number of hydrogen-bond acceptors (Lipinski definition) is 5. The number of rotatable bonds is 7. The number of benzene rings is 1. The molecule has 0 spiro atoms. The zero-order valence-electron chi connectivity index (χ0n) is 16.3. The van der Waals surface area contributed by atoms with Gasteiger partial charge >= 0.3 is 0 Å². The first-order chi connectivity index (χ1) is 13.2. The van der Waals surface area contributed by atoms with Gasteiger partial charge in [0.2, 0.25) is 11.8 Å². The molecule has 1 aromatic carbocycles. The van der Waals surface area contributed by atoms with Crippen LogP contribution >= 0.6 is 24.0 Å². The topological polar surface area (TPSA) is 95.7 Å². The smallest absolute Gasteiger partial charge is 0.228 e. The van der Waals surface area contributed by atoms with Crippen molar-refractivity contribution >= 4 is 41.5 Å². The van der Waals surface area contributed by atoms with Crippen LogP contribution in [0.5, 0.6) is 0 Å². The van der Waals surface area contributed by atoms with Gasteiger partial charge in [-0.3, -0.25) is 4.79 Å².